The molecule has 0 heterocycles. The summed E-state index contributed by atoms with van der Waals surface area (Å²) in [6, 6.07) is 11.2. The van der Waals surface area contributed by atoms with Gasteiger partial charge in [0.05, 0.1) is 0 Å². The summed E-state index contributed by atoms with van der Waals surface area (Å²) < 4.78 is 0. The number of benzene rings is 1. The molecule has 0 saturated heterocycles. The Bertz CT molecular complexity index is 319. The third-order valence-electron chi connectivity index (χ3n) is 3.99. The molecule has 0 amide bonds. The lowest BCUT2D eigenvalue weighted by Gasteiger charge is -2.15. The molecule has 0 bridgehead atoms. The quantitative estimate of drug-likeness (QED) is 0.802. The van der Waals surface area contributed by atoms with E-state index in [0.717, 1.165) is 17.8 Å². The predicted molar refractivity (Wildman–Crippen MR) is 69.3 cm³/mol. The fourth-order valence-corrected chi connectivity index (χ4v) is 2.58. The zero-order valence-corrected chi connectivity index (χ0v) is 10.4. The van der Waals surface area contributed by atoms with E-state index in [1.165, 1.54) is 24.8 Å². The second kappa shape index (κ2) is 5.01. The van der Waals surface area contributed by atoms with Crippen LogP contribution in [0.3, 0.4) is 0 Å². The van der Waals surface area contributed by atoms with Crippen molar-refractivity contribution in [3.63, 3.8) is 0 Å². The van der Waals surface area contributed by atoms with E-state index in [2.05, 4.69) is 44.2 Å². The molecule has 1 aliphatic carbocycles. The molecule has 88 valence electrons. The fourth-order valence-electron chi connectivity index (χ4n) is 2.58. The van der Waals surface area contributed by atoms with Gasteiger partial charge in [-0.1, -0.05) is 50.6 Å². The highest BCUT2D eigenvalue weighted by atomic mass is 14.7. The minimum absolute atomic E-state index is 0.403. The Morgan fingerprint density at radius 3 is 2.62 bits per heavy atom. The normalized spacial score (nSPS) is 27.4. The molecule has 1 aromatic rings. The van der Waals surface area contributed by atoms with Crippen LogP contribution in [0.25, 0.3) is 0 Å². The largest absolute Gasteiger partial charge is 0.327 e. The first-order valence-electron chi connectivity index (χ1n) is 6.53. The van der Waals surface area contributed by atoms with Crippen molar-refractivity contribution in [3.8, 4) is 0 Å². The highest BCUT2D eigenvalue weighted by Crippen LogP contribution is 2.49. The van der Waals surface area contributed by atoms with Gasteiger partial charge in [-0.25, -0.2) is 0 Å². The van der Waals surface area contributed by atoms with Gasteiger partial charge in [0.25, 0.3) is 0 Å². The molecule has 1 aromatic carbocycles. The highest BCUT2D eigenvalue weighted by Gasteiger charge is 2.42. The van der Waals surface area contributed by atoms with E-state index in [0.29, 0.717) is 6.04 Å². The Balaban J connectivity index is 1.87. The Kier molecular flexibility index (Phi) is 3.65. The van der Waals surface area contributed by atoms with E-state index in [1.807, 2.05) is 0 Å². The Morgan fingerprint density at radius 1 is 1.31 bits per heavy atom. The van der Waals surface area contributed by atoms with E-state index < -0.39 is 0 Å². The van der Waals surface area contributed by atoms with Gasteiger partial charge in [0.1, 0.15) is 0 Å². The average Bonchev–Trinajstić information content (AvgIpc) is 3.10. The average molecular weight is 217 g/mol. The van der Waals surface area contributed by atoms with E-state index >= 15 is 0 Å². The van der Waals surface area contributed by atoms with Crippen LogP contribution in [-0.2, 0) is 0 Å². The van der Waals surface area contributed by atoms with Crippen molar-refractivity contribution in [3.05, 3.63) is 35.9 Å². The third kappa shape index (κ3) is 2.65. The Labute approximate surface area is 99.0 Å². The summed E-state index contributed by atoms with van der Waals surface area (Å²) in [4.78, 5) is 0. The molecule has 0 aromatic heterocycles. The Hall–Kier alpha value is -0.820. The lowest BCUT2D eigenvalue weighted by atomic mass is 9.95. The number of rotatable bonds is 5. The Morgan fingerprint density at radius 2 is 2.00 bits per heavy atom. The van der Waals surface area contributed by atoms with Crippen LogP contribution >= 0.6 is 0 Å². The smallest absolute Gasteiger partial charge is 0.00757 e. The van der Waals surface area contributed by atoms with Crippen LogP contribution in [0.2, 0.25) is 0 Å². The molecule has 4 atom stereocenters. The van der Waals surface area contributed by atoms with Crippen LogP contribution in [0, 0.1) is 11.8 Å². The maximum Gasteiger partial charge on any atom is 0.00757 e. The minimum atomic E-state index is 0.403. The van der Waals surface area contributed by atoms with Gasteiger partial charge < -0.3 is 5.73 Å². The maximum absolute atomic E-state index is 6.28. The van der Waals surface area contributed by atoms with Crippen molar-refractivity contribution in [2.45, 2.75) is 45.1 Å². The number of nitrogens with two attached hydrogens (primary N) is 1. The molecule has 0 radical (unpaired) electrons. The van der Waals surface area contributed by atoms with Gasteiger partial charge in [-0.15, -0.1) is 0 Å². The van der Waals surface area contributed by atoms with Crippen LogP contribution in [-0.4, -0.2) is 6.04 Å². The van der Waals surface area contributed by atoms with Crippen molar-refractivity contribution in [2.75, 3.05) is 0 Å². The SMILES string of the molecule is CCC(C)CC(N)C1CC1c1ccccc1. The van der Waals surface area contributed by atoms with Crippen LogP contribution < -0.4 is 5.73 Å². The molecule has 0 aliphatic heterocycles. The summed E-state index contributed by atoms with van der Waals surface area (Å²) in [6.07, 6.45) is 3.72. The summed E-state index contributed by atoms with van der Waals surface area (Å²) in [5.74, 6) is 2.24. The van der Waals surface area contributed by atoms with Gasteiger partial charge in [-0.3, -0.25) is 0 Å². The van der Waals surface area contributed by atoms with Crippen LogP contribution in [0.5, 0.6) is 0 Å². The molecule has 1 nitrogen and oxygen atoms in total. The highest BCUT2D eigenvalue weighted by molar-refractivity contribution is 5.26. The van der Waals surface area contributed by atoms with Crippen molar-refractivity contribution in [2.24, 2.45) is 17.6 Å². The van der Waals surface area contributed by atoms with Crippen LogP contribution in [0.15, 0.2) is 30.3 Å². The van der Waals surface area contributed by atoms with E-state index in [1.54, 1.807) is 0 Å². The van der Waals surface area contributed by atoms with Gasteiger partial charge in [-0.2, -0.15) is 0 Å². The zero-order chi connectivity index (χ0) is 11.5. The standard InChI is InChI=1S/C15H23N/c1-3-11(2)9-15(16)14-10-13(14)12-7-5-4-6-8-12/h4-8,11,13-15H,3,9-10,16H2,1-2H3. The van der Waals surface area contributed by atoms with Crippen molar-refractivity contribution < 1.29 is 0 Å². The van der Waals surface area contributed by atoms with E-state index in [4.69, 9.17) is 5.73 Å². The summed E-state index contributed by atoms with van der Waals surface area (Å²) >= 11 is 0. The topological polar surface area (TPSA) is 26.0 Å². The minimum Gasteiger partial charge on any atom is -0.327 e. The van der Waals surface area contributed by atoms with E-state index in [-0.39, 0.29) is 0 Å². The molecule has 0 spiro atoms. The molecule has 4 unspecified atom stereocenters. The summed E-state index contributed by atoms with van der Waals surface area (Å²) in [7, 11) is 0. The molecule has 2 rings (SSSR count). The van der Waals surface area contributed by atoms with Crippen LogP contribution in [0.4, 0.5) is 0 Å². The molecule has 1 fully saturated rings. The maximum atomic E-state index is 6.28. The number of hydrogen-bond donors (Lipinski definition) is 1. The summed E-state index contributed by atoms with van der Waals surface area (Å²) in [6.45, 7) is 4.55. The fraction of sp³-hybridized carbons (Fsp3) is 0.600. The molecule has 2 N–H and O–H groups in total. The van der Waals surface area contributed by atoms with Crippen molar-refractivity contribution in [1.82, 2.24) is 0 Å². The third-order valence-corrected chi connectivity index (χ3v) is 3.99. The van der Waals surface area contributed by atoms with Gasteiger partial charge >= 0.3 is 0 Å². The van der Waals surface area contributed by atoms with Crippen molar-refractivity contribution in [1.29, 1.82) is 0 Å². The number of hydrogen-bond acceptors (Lipinski definition) is 1. The zero-order valence-electron chi connectivity index (χ0n) is 10.4. The van der Waals surface area contributed by atoms with E-state index in [9.17, 15) is 0 Å². The van der Waals surface area contributed by atoms with Crippen LogP contribution in [0.1, 0.15) is 44.6 Å². The lowest BCUT2D eigenvalue weighted by molar-refractivity contribution is 0.420. The molecule has 16 heavy (non-hydrogen) atoms. The predicted octanol–water partition coefficient (Wildman–Crippen LogP) is 3.55. The monoisotopic (exact) mass is 217 g/mol. The van der Waals surface area contributed by atoms with Gasteiger partial charge in [0.15, 0.2) is 0 Å². The lowest BCUT2D eigenvalue weighted by Crippen LogP contribution is -2.25. The van der Waals surface area contributed by atoms with Gasteiger partial charge in [0, 0.05) is 6.04 Å². The van der Waals surface area contributed by atoms with Crippen molar-refractivity contribution >= 4 is 0 Å². The molecular weight excluding hydrogens is 194 g/mol. The van der Waals surface area contributed by atoms with Gasteiger partial charge in [-0.05, 0) is 36.2 Å². The first kappa shape index (κ1) is 11.7. The summed E-state index contributed by atoms with van der Waals surface area (Å²) in [5.41, 5.74) is 7.76. The first-order chi connectivity index (χ1) is 7.72. The summed E-state index contributed by atoms with van der Waals surface area (Å²) in [5, 5.41) is 0. The molecular formula is C15H23N. The van der Waals surface area contributed by atoms with Gasteiger partial charge in [0.2, 0.25) is 0 Å². The second-order valence-electron chi connectivity index (χ2n) is 5.33. The first-order valence-corrected chi connectivity index (χ1v) is 6.53. The molecule has 1 aliphatic rings. The second-order valence-corrected chi connectivity index (χ2v) is 5.33. The molecule has 1 heteroatoms. The molecule has 1 saturated carbocycles.